The topological polar surface area (TPSA) is 97.7 Å². The van der Waals surface area contributed by atoms with Crippen LogP contribution in [0.2, 0.25) is 0 Å². The van der Waals surface area contributed by atoms with Gasteiger partial charge in [-0.2, -0.15) is 5.26 Å². The summed E-state index contributed by atoms with van der Waals surface area (Å²) in [6, 6.07) is 23.9. The minimum atomic E-state index is -0.891. The Labute approximate surface area is 194 Å². The van der Waals surface area contributed by atoms with E-state index in [1.165, 1.54) is 17.8 Å². The second-order valence-corrected chi connectivity index (χ2v) is 7.93. The van der Waals surface area contributed by atoms with E-state index >= 15 is 0 Å². The molecule has 164 valence electrons. The summed E-state index contributed by atoms with van der Waals surface area (Å²) in [5.41, 5.74) is 0.939. The van der Waals surface area contributed by atoms with Crippen LogP contribution in [0.25, 0.3) is 6.08 Å². The van der Waals surface area contributed by atoms with Crippen LogP contribution >= 0.6 is 11.8 Å². The minimum absolute atomic E-state index is 0.123. The molecule has 0 spiro atoms. The number of rotatable bonds is 7. The Hall–Kier alpha value is -4.22. The number of ether oxygens (including phenoxy) is 3. The molecule has 1 aliphatic rings. The maximum absolute atomic E-state index is 12.4. The van der Waals surface area contributed by atoms with Crippen molar-refractivity contribution in [2.45, 2.75) is 9.79 Å². The van der Waals surface area contributed by atoms with Crippen LogP contribution in [0.4, 0.5) is 5.69 Å². The lowest BCUT2D eigenvalue weighted by atomic mass is 10.1. The van der Waals surface area contributed by atoms with E-state index in [1.807, 2.05) is 48.5 Å². The van der Waals surface area contributed by atoms with E-state index < -0.39 is 18.5 Å². The molecule has 0 saturated heterocycles. The van der Waals surface area contributed by atoms with Gasteiger partial charge < -0.3 is 19.5 Å². The molecule has 0 aromatic heterocycles. The lowest BCUT2D eigenvalue weighted by molar-refractivity contribution is -0.142. The number of para-hydroxylation sites is 1. The van der Waals surface area contributed by atoms with E-state index in [-0.39, 0.29) is 12.4 Å². The molecule has 4 rings (SSSR count). The van der Waals surface area contributed by atoms with E-state index in [0.29, 0.717) is 22.7 Å². The van der Waals surface area contributed by atoms with Gasteiger partial charge >= 0.3 is 5.97 Å². The van der Waals surface area contributed by atoms with Crippen molar-refractivity contribution in [3.63, 3.8) is 0 Å². The number of amides is 1. The van der Waals surface area contributed by atoms with Crippen LogP contribution in [0, 0.1) is 11.3 Å². The summed E-state index contributed by atoms with van der Waals surface area (Å²) in [6.07, 6.45) is 1.37. The molecule has 7 nitrogen and oxygen atoms in total. The number of carbonyl (C=O) groups is 2. The van der Waals surface area contributed by atoms with Crippen molar-refractivity contribution in [1.82, 2.24) is 0 Å². The molecular formula is C25H18N2O5S. The summed E-state index contributed by atoms with van der Waals surface area (Å²) in [4.78, 5) is 26.6. The molecule has 0 aliphatic carbocycles. The number of nitriles is 1. The molecule has 0 fully saturated rings. The number of nitrogens with zero attached hydrogens (tertiary/aromatic N) is 1. The monoisotopic (exact) mass is 458 g/mol. The van der Waals surface area contributed by atoms with Crippen LogP contribution in [0.3, 0.4) is 0 Å². The Bertz CT molecular complexity index is 1250. The summed E-state index contributed by atoms with van der Waals surface area (Å²) >= 11 is 1.50. The smallest absolute Gasteiger partial charge is 0.349 e. The molecule has 0 radical (unpaired) electrons. The molecule has 0 saturated carbocycles. The van der Waals surface area contributed by atoms with Crippen LogP contribution in [-0.4, -0.2) is 25.3 Å². The third kappa shape index (κ3) is 5.73. The highest BCUT2D eigenvalue weighted by atomic mass is 32.2. The zero-order valence-electron chi connectivity index (χ0n) is 17.3. The molecular weight excluding hydrogens is 440 g/mol. The van der Waals surface area contributed by atoms with E-state index in [2.05, 4.69) is 5.32 Å². The first-order chi connectivity index (χ1) is 16.1. The molecule has 33 heavy (non-hydrogen) atoms. The molecule has 0 unspecified atom stereocenters. The zero-order chi connectivity index (χ0) is 23.0. The zero-order valence-corrected chi connectivity index (χ0v) is 18.1. The molecule has 3 aromatic carbocycles. The SMILES string of the molecule is N#C/C(=C/c1ccc2c(c1)OCO2)C(=O)OCC(=O)Nc1ccccc1Sc1ccccc1. The van der Waals surface area contributed by atoms with Crippen molar-refractivity contribution in [1.29, 1.82) is 5.26 Å². The number of anilines is 1. The highest BCUT2D eigenvalue weighted by molar-refractivity contribution is 7.99. The van der Waals surface area contributed by atoms with Crippen molar-refractivity contribution in [3.05, 3.63) is 83.9 Å². The van der Waals surface area contributed by atoms with Gasteiger partial charge in [0.2, 0.25) is 6.79 Å². The fourth-order valence-electron chi connectivity index (χ4n) is 2.98. The Kier molecular flexibility index (Phi) is 6.93. The van der Waals surface area contributed by atoms with E-state index in [0.717, 1.165) is 9.79 Å². The first kappa shape index (κ1) is 22.0. The summed E-state index contributed by atoms with van der Waals surface area (Å²) in [7, 11) is 0. The number of fused-ring (bicyclic) bond motifs is 1. The number of hydrogen-bond acceptors (Lipinski definition) is 7. The fourth-order valence-corrected chi connectivity index (χ4v) is 3.90. The largest absolute Gasteiger partial charge is 0.454 e. The molecule has 1 amide bonds. The number of benzene rings is 3. The van der Waals surface area contributed by atoms with Crippen molar-refractivity contribution < 1.29 is 23.8 Å². The van der Waals surface area contributed by atoms with Crippen molar-refractivity contribution >= 4 is 35.4 Å². The van der Waals surface area contributed by atoms with E-state index in [9.17, 15) is 14.9 Å². The lowest BCUT2D eigenvalue weighted by Crippen LogP contribution is -2.21. The lowest BCUT2D eigenvalue weighted by Gasteiger charge is -2.11. The van der Waals surface area contributed by atoms with Crippen LogP contribution in [0.1, 0.15) is 5.56 Å². The minimum Gasteiger partial charge on any atom is -0.454 e. The highest BCUT2D eigenvalue weighted by Gasteiger charge is 2.16. The second kappa shape index (κ2) is 10.4. The van der Waals surface area contributed by atoms with Crippen molar-refractivity contribution in [2.24, 2.45) is 0 Å². The number of carbonyl (C=O) groups excluding carboxylic acids is 2. The molecule has 3 aromatic rings. The maximum Gasteiger partial charge on any atom is 0.349 e. The number of esters is 1. The molecule has 1 N–H and O–H groups in total. The Balaban J connectivity index is 1.37. The van der Waals surface area contributed by atoms with E-state index in [1.54, 1.807) is 30.3 Å². The molecule has 1 aliphatic heterocycles. The molecule has 1 heterocycles. The van der Waals surface area contributed by atoms with Gasteiger partial charge in [0.1, 0.15) is 11.6 Å². The first-order valence-electron chi connectivity index (χ1n) is 9.93. The number of hydrogen-bond donors (Lipinski definition) is 1. The molecule has 0 atom stereocenters. The maximum atomic E-state index is 12.4. The van der Waals surface area contributed by atoms with Gasteiger partial charge in [-0.1, -0.05) is 48.2 Å². The molecule has 0 bridgehead atoms. The van der Waals surface area contributed by atoms with Crippen LogP contribution in [-0.2, 0) is 14.3 Å². The highest BCUT2D eigenvalue weighted by Crippen LogP contribution is 2.34. The van der Waals surface area contributed by atoms with Crippen LogP contribution in [0.5, 0.6) is 11.5 Å². The van der Waals surface area contributed by atoms with Crippen LogP contribution < -0.4 is 14.8 Å². The fraction of sp³-hybridized carbons (Fsp3) is 0.0800. The van der Waals surface area contributed by atoms with Crippen molar-refractivity contribution in [3.8, 4) is 17.6 Å². The normalized spacial score (nSPS) is 12.0. The van der Waals surface area contributed by atoms with E-state index in [4.69, 9.17) is 14.2 Å². The standard InChI is InChI=1S/C25H18N2O5S/c26-14-18(12-17-10-11-21-22(13-17)32-16-31-21)25(29)30-15-24(28)27-20-8-4-5-9-23(20)33-19-6-2-1-3-7-19/h1-13H,15-16H2,(H,27,28)/b18-12-. The van der Waals surface area contributed by atoms with Gasteiger partial charge in [-0.05, 0) is 48.0 Å². The predicted octanol–water partition coefficient (Wildman–Crippen LogP) is 4.66. The average Bonchev–Trinajstić information content (AvgIpc) is 3.31. The van der Waals surface area contributed by atoms with Gasteiger partial charge in [-0.3, -0.25) is 4.79 Å². The van der Waals surface area contributed by atoms with Gasteiger partial charge in [-0.25, -0.2) is 4.79 Å². The Morgan fingerprint density at radius 2 is 1.79 bits per heavy atom. The summed E-state index contributed by atoms with van der Waals surface area (Å²) in [5.74, 6) is -0.279. The predicted molar refractivity (Wildman–Crippen MR) is 123 cm³/mol. The quantitative estimate of drug-likeness (QED) is 0.312. The van der Waals surface area contributed by atoms with Gasteiger partial charge in [0, 0.05) is 9.79 Å². The summed E-state index contributed by atoms with van der Waals surface area (Å²) < 4.78 is 15.6. The van der Waals surface area contributed by atoms with Crippen molar-refractivity contribution in [2.75, 3.05) is 18.7 Å². The van der Waals surface area contributed by atoms with Crippen LogP contribution in [0.15, 0.2) is 88.2 Å². The van der Waals surface area contributed by atoms with Gasteiger partial charge in [-0.15, -0.1) is 0 Å². The second-order valence-electron chi connectivity index (χ2n) is 6.82. The Morgan fingerprint density at radius 3 is 2.61 bits per heavy atom. The molecule has 8 heteroatoms. The third-order valence-corrected chi connectivity index (χ3v) is 5.60. The third-order valence-electron chi connectivity index (χ3n) is 4.51. The van der Waals surface area contributed by atoms with Gasteiger partial charge in [0.25, 0.3) is 5.91 Å². The Morgan fingerprint density at radius 1 is 1.03 bits per heavy atom. The van der Waals surface area contributed by atoms with Gasteiger partial charge in [0.15, 0.2) is 18.1 Å². The summed E-state index contributed by atoms with van der Waals surface area (Å²) in [5, 5.41) is 12.1. The van der Waals surface area contributed by atoms with Gasteiger partial charge in [0.05, 0.1) is 5.69 Å². The summed E-state index contributed by atoms with van der Waals surface area (Å²) in [6.45, 7) is -0.402. The average molecular weight is 458 g/mol. The first-order valence-corrected chi connectivity index (χ1v) is 10.7. The number of nitrogens with one attached hydrogen (secondary N) is 1.